The second kappa shape index (κ2) is 3.74. The standard InChI is InChI=1S/C13H14FNO2/c1-15-4-2-9-11(3-5-15)17-12-7-8(14)6-10(16)13(9)12/h6-7,16H,2-5H2,1H3. The van der Waals surface area contributed by atoms with E-state index in [1.54, 1.807) is 0 Å². The molecule has 3 nitrogen and oxygen atoms in total. The molecule has 1 aliphatic heterocycles. The molecule has 0 atom stereocenters. The van der Waals surface area contributed by atoms with Crippen LogP contribution in [0.1, 0.15) is 11.3 Å². The van der Waals surface area contributed by atoms with Gasteiger partial charge in [0, 0.05) is 37.2 Å². The van der Waals surface area contributed by atoms with Gasteiger partial charge >= 0.3 is 0 Å². The van der Waals surface area contributed by atoms with Crippen LogP contribution in [-0.4, -0.2) is 30.1 Å². The molecule has 0 radical (unpaired) electrons. The summed E-state index contributed by atoms with van der Waals surface area (Å²) in [5.41, 5.74) is 1.49. The number of fused-ring (bicyclic) bond motifs is 3. The van der Waals surface area contributed by atoms with Crippen molar-refractivity contribution in [2.45, 2.75) is 12.8 Å². The van der Waals surface area contributed by atoms with E-state index in [1.807, 2.05) is 0 Å². The van der Waals surface area contributed by atoms with Crippen molar-refractivity contribution in [3.05, 3.63) is 29.3 Å². The Labute approximate surface area is 98.4 Å². The molecule has 0 saturated heterocycles. The van der Waals surface area contributed by atoms with Crippen LogP contribution in [0.25, 0.3) is 11.0 Å². The highest BCUT2D eigenvalue weighted by Gasteiger charge is 2.21. The van der Waals surface area contributed by atoms with Crippen LogP contribution in [0.3, 0.4) is 0 Å². The van der Waals surface area contributed by atoms with Gasteiger partial charge in [0.25, 0.3) is 0 Å². The summed E-state index contributed by atoms with van der Waals surface area (Å²) in [5.74, 6) is 0.399. The fourth-order valence-corrected chi connectivity index (χ4v) is 2.46. The summed E-state index contributed by atoms with van der Waals surface area (Å²) in [6.07, 6.45) is 1.64. The molecule has 1 aliphatic rings. The molecule has 4 heteroatoms. The molecule has 0 amide bonds. The van der Waals surface area contributed by atoms with Gasteiger partial charge in [-0.25, -0.2) is 4.39 Å². The molecule has 0 bridgehead atoms. The summed E-state index contributed by atoms with van der Waals surface area (Å²) >= 11 is 0. The van der Waals surface area contributed by atoms with Crippen LogP contribution < -0.4 is 0 Å². The number of furan rings is 1. The van der Waals surface area contributed by atoms with E-state index in [2.05, 4.69) is 11.9 Å². The smallest absolute Gasteiger partial charge is 0.141 e. The van der Waals surface area contributed by atoms with E-state index in [-0.39, 0.29) is 5.75 Å². The van der Waals surface area contributed by atoms with E-state index >= 15 is 0 Å². The highest BCUT2D eigenvalue weighted by atomic mass is 19.1. The molecule has 1 N–H and O–H groups in total. The zero-order valence-electron chi connectivity index (χ0n) is 9.66. The minimum atomic E-state index is -0.462. The Balaban J connectivity index is 2.21. The molecule has 90 valence electrons. The Hall–Kier alpha value is -1.55. The molecule has 0 fully saturated rings. The van der Waals surface area contributed by atoms with Gasteiger partial charge in [0.2, 0.25) is 0 Å². The second-order valence-electron chi connectivity index (χ2n) is 4.61. The molecule has 0 saturated carbocycles. The highest BCUT2D eigenvalue weighted by Crippen LogP contribution is 2.35. The predicted molar refractivity (Wildman–Crippen MR) is 62.7 cm³/mol. The van der Waals surface area contributed by atoms with Crippen LogP contribution in [0.15, 0.2) is 16.5 Å². The number of phenols is 1. The van der Waals surface area contributed by atoms with Crippen molar-refractivity contribution in [1.82, 2.24) is 4.90 Å². The summed E-state index contributed by atoms with van der Waals surface area (Å²) in [6.45, 7) is 1.86. The first kappa shape index (κ1) is 10.6. The quantitative estimate of drug-likeness (QED) is 0.761. The van der Waals surface area contributed by atoms with Crippen molar-refractivity contribution >= 4 is 11.0 Å². The molecule has 1 aromatic heterocycles. The number of hydrogen-bond donors (Lipinski definition) is 1. The van der Waals surface area contributed by atoms with E-state index in [0.29, 0.717) is 11.0 Å². The van der Waals surface area contributed by atoms with Crippen LogP contribution in [0, 0.1) is 5.82 Å². The first-order valence-corrected chi connectivity index (χ1v) is 5.76. The average Bonchev–Trinajstić information content (AvgIpc) is 2.52. The number of likely N-dealkylation sites (N-methyl/N-ethyl adjacent to an activating group) is 1. The van der Waals surface area contributed by atoms with Crippen LogP contribution in [0.4, 0.5) is 4.39 Å². The van der Waals surface area contributed by atoms with Crippen molar-refractivity contribution < 1.29 is 13.9 Å². The fraction of sp³-hybridized carbons (Fsp3) is 0.385. The summed E-state index contributed by atoms with van der Waals surface area (Å²) < 4.78 is 18.8. The van der Waals surface area contributed by atoms with E-state index in [9.17, 15) is 9.50 Å². The van der Waals surface area contributed by atoms with Crippen LogP contribution in [0.5, 0.6) is 5.75 Å². The van der Waals surface area contributed by atoms with Crippen LogP contribution >= 0.6 is 0 Å². The molecule has 0 unspecified atom stereocenters. The van der Waals surface area contributed by atoms with Gasteiger partial charge in [-0.05, 0) is 13.5 Å². The van der Waals surface area contributed by atoms with Crippen LogP contribution in [-0.2, 0) is 12.8 Å². The monoisotopic (exact) mass is 235 g/mol. The molecule has 0 spiro atoms. The maximum absolute atomic E-state index is 13.2. The number of aromatic hydroxyl groups is 1. The summed E-state index contributed by atoms with van der Waals surface area (Å²) in [5, 5.41) is 10.5. The van der Waals surface area contributed by atoms with E-state index < -0.39 is 5.82 Å². The van der Waals surface area contributed by atoms with Crippen LogP contribution in [0.2, 0.25) is 0 Å². The number of phenolic OH excluding ortho intramolecular Hbond substituents is 1. The number of nitrogens with zero attached hydrogens (tertiary/aromatic N) is 1. The lowest BCUT2D eigenvalue weighted by molar-refractivity contribution is 0.346. The summed E-state index contributed by atoms with van der Waals surface area (Å²) in [6, 6.07) is 2.49. The van der Waals surface area contributed by atoms with Gasteiger partial charge in [-0.1, -0.05) is 0 Å². The maximum Gasteiger partial charge on any atom is 0.141 e. The largest absolute Gasteiger partial charge is 0.507 e. The number of hydrogen-bond acceptors (Lipinski definition) is 3. The first-order valence-electron chi connectivity index (χ1n) is 5.76. The van der Waals surface area contributed by atoms with E-state index in [0.717, 1.165) is 43.3 Å². The van der Waals surface area contributed by atoms with E-state index in [1.165, 1.54) is 6.07 Å². The van der Waals surface area contributed by atoms with Gasteiger partial charge in [-0.3, -0.25) is 0 Å². The molecule has 2 aromatic rings. The number of halogens is 1. The average molecular weight is 235 g/mol. The SMILES string of the molecule is CN1CCc2oc3cc(F)cc(O)c3c2CC1. The Morgan fingerprint density at radius 3 is 2.88 bits per heavy atom. The molecular formula is C13H14FNO2. The van der Waals surface area contributed by atoms with Gasteiger partial charge in [0.05, 0.1) is 5.39 Å². The Bertz CT molecular complexity index is 576. The zero-order chi connectivity index (χ0) is 12.0. The topological polar surface area (TPSA) is 36.6 Å². The normalized spacial score (nSPS) is 17.1. The van der Waals surface area contributed by atoms with Crippen molar-refractivity contribution in [3.8, 4) is 5.75 Å². The third-order valence-corrected chi connectivity index (χ3v) is 3.38. The highest BCUT2D eigenvalue weighted by molar-refractivity contribution is 5.88. The predicted octanol–water partition coefficient (Wildman–Crippen LogP) is 2.31. The third-order valence-electron chi connectivity index (χ3n) is 3.38. The Kier molecular flexibility index (Phi) is 2.33. The maximum atomic E-state index is 13.2. The minimum absolute atomic E-state index is 0.0189. The minimum Gasteiger partial charge on any atom is -0.507 e. The summed E-state index contributed by atoms with van der Waals surface area (Å²) in [7, 11) is 2.06. The molecule has 17 heavy (non-hydrogen) atoms. The van der Waals surface area contributed by atoms with Gasteiger partial charge in [0.1, 0.15) is 22.9 Å². The molecule has 1 aromatic carbocycles. The lowest BCUT2D eigenvalue weighted by atomic mass is 10.1. The second-order valence-corrected chi connectivity index (χ2v) is 4.61. The van der Waals surface area contributed by atoms with Gasteiger partial charge < -0.3 is 14.4 Å². The van der Waals surface area contributed by atoms with Crippen molar-refractivity contribution in [2.75, 3.05) is 20.1 Å². The molecule has 2 heterocycles. The lowest BCUT2D eigenvalue weighted by Crippen LogP contribution is -2.20. The van der Waals surface area contributed by atoms with Gasteiger partial charge in [0.15, 0.2) is 0 Å². The first-order chi connectivity index (χ1) is 8.15. The van der Waals surface area contributed by atoms with E-state index in [4.69, 9.17) is 4.42 Å². The van der Waals surface area contributed by atoms with Crippen molar-refractivity contribution in [3.63, 3.8) is 0 Å². The molecular weight excluding hydrogens is 221 g/mol. The fourth-order valence-electron chi connectivity index (χ4n) is 2.46. The number of benzene rings is 1. The lowest BCUT2D eigenvalue weighted by Gasteiger charge is -2.11. The summed E-state index contributed by atoms with van der Waals surface area (Å²) in [4.78, 5) is 2.22. The third kappa shape index (κ3) is 1.69. The van der Waals surface area contributed by atoms with Gasteiger partial charge in [-0.2, -0.15) is 0 Å². The number of rotatable bonds is 0. The Morgan fingerprint density at radius 2 is 2.06 bits per heavy atom. The van der Waals surface area contributed by atoms with Gasteiger partial charge in [-0.15, -0.1) is 0 Å². The van der Waals surface area contributed by atoms with Crippen molar-refractivity contribution in [2.24, 2.45) is 0 Å². The Morgan fingerprint density at radius 1 is 1.29 bits per heavy atom. The molecule has 0 aliphatic carbocycles. The molecule has 3 rings (SSSR count). The van der Waals surface area contributed by atoms with Crippen molar-refractivity contribution in [1.29, 1.82) is 0 Å². The zero-order valence-corrected chi connectivity index (χ0v) is 9.66.